The van der Waals surface area contributed by atoms with Crippen molar-refractivity contribution >= 4 is 10.0 Å². The molecule has 1 aromatic carbocycles. The van der Waals surface area contributed by atoms with Crippen LogP contribution in [0.4, 0.5) is 0 Å². The van der Waals surface area contributed by atoms with E-state index in [0.717, 1.165) is 13.0 Å². The summed E-state index contributed by atoms with van der Waals surface area (Å²) >= 11 is 0. The second kappa shape index (κ2) is 6.69. The third kappa shape index (κ3) is 3.93. The molecule has 20 heavy (non-hydrogen) atoms. The van der Waals surface area contributed by atoms with Crippen molar-refractivity contribution < 1.29 is 12.8 Å². The maximum Gasteiger partial charge on any atom is 0.273 e. The second-order valence-corrected chi connectivity index (χ2v) is 6.16. The van der Waals surface area contributed by atoms with Crippen LogP contribution in [0.2, 0.25) is 0 Å². The lowest BCUT2D eigenvalue weighted by atomic mass is 10.1. The third-order valence-corrected chi connectivity index (χ3v) is 4.19. The van der Waals surface area contributed by atoms with Crippen LogP contribution in [0.25, 0.3) is 0 Å². The van der Waals surface area contributed by atoms with Crippen molar-refractivity contribution in [3.05, 3.63) is 53.8 Å². The van der Waals surface area contributed by atoms with Gasteiger partial charge in [0.05, 0.1) is 6.54 Å². The summed E-state index contributed by atoms with van der Waals surface area (Å²) in [7, 11) is -2.14. The summed E-state index contributed by atoms with van der Waals surface area (Å²) in [4.78, 5) is 0. The van der Waals surface area contributed by atoms with Gasteiger partial charge in [-0.2, -0.15) is 0 Å². The van der Waals surface area contributed by atoms with Gasteiger partial charge in [0, 0.05) is 0 Å². The zero-order chi connectivity index (χ0) is 14.4. The average Bonchev–Trinajstić information content (AvgIpc) is 2.94. The lowest BCUT2D eigenvalue weighted by molar-refractivity contribution is 0.401. The topological polar surface area (TPSA) is 71.3 Å². The first-order chi connectivity index (χ1) is 9.62. The minimum Gasteiger partial charge on any atom is -0.447 e. The molecule has 6 heteroatoms. The van der Waals surface area contributed by atoms with Crippen LogP contribution in [0.3, 0.4) is 0 Å². The summed E-state index contributed by atoms with van der Waals surface area (Å²) in [5.41, 5.74) is 1.26. The number of hydrogen-bond donors (Lipinski definition) is 2. The van der Waals surface area contributed by atoms with E-state index in [9.17, 15) is 8.42 Å². The molecule has 0 bridgehead atoms. The molecule has 0 saturated heterocycles. The molecule has 0 aliphatic heterocycles. The molecule has 0 fully saturated rings. The van der Waals surface area contributed by atoms with Crippen molar-refractivity contribution in [2.24, 2.45) is 0 Å². The fourth-order valence-electron chi connectivity index (χ4n) is 1.79. The minimum atomic E-state index is -3.50. The Bertz CT molecular complexity index is 635. The van der Waals surface area contributed by atoms with Gasteiger partial charge in [-0.15, -0.1) is 0 Å². The van der Waals surface area contributed by atoms with Crippen molar-refractivity contribution in [1.82, 2.24) is 10.0 Å². The SMILES string of the molecule is CNS(=O)(=O)c1ccc(CNCCc2ccccc2)o1. The van der Waals surface area contributed by atoms with E-state index in [4.69, 9.17) is 4.42 Å². The predicted molar refractivity (Wildman–Crippen MR) is 76.8 cm³/mol. The molecular formula is C14H18N2O3S. The van der Waals surface area contributed by atoms with Crippen LogP contribution in [0, 0.1) is 0 Å². The van der Waals surface area contributed by atoms with E-state index < -0.39 is 10.0 Å². The molecule has 2 rings (SSSR count). The van der Waals surface area contributed by atoms with Gasteiger partial charge in [0.1, 0.15) is 5.76 Å². The smallest absolute Gasteiger partial charge is 0.273 e. The van der Waals surface area contributed by atoms with E-state index in [1.54, 1.807) is 6.07 Å². The highest BCUT2D eigenvalue weighted by Gasteiger charge is 2.15. The molecule has 1 aromatic heterocycles. The molecule has 1 heterocycles. The first kappa shape index (κ1) is 14.8. The molecule has 0 saturated carbocycles. The molecule has 0 unspecified atom stereocenters. The molecular weight excluding hydrogens is 276 g/mol. The number of nitrogens with one attached hydrogen (secondary N) is 2. The molecule has 0 atom stereocenters. The van der Waals surface area contributed by atoms with E-state index in [0.29, 0.717) is 12.3 Å². The highest BCUT2D eigenvalue weighted by atomic mass is 32.2. The van der Waals surface area contributed by atoms with Gasteiger partial charge in [-0.1, -0.05) is 30.3 Å². The first-order valence-corrected chi connectivity index (χ1v) is 7.87. The van der Waals surface area contributed by atoms with Crippen molar-refractivity contribution in [3.8, 4) is 0 Å². The standard InChI is InChI=1S/C14H18N2O3S/c1-15-20(17,18)14-8-7-13(19-14)11-16-10-9-12-5-3-2-4-6-12/h2-8,15-16H,9-11H2,1H3. The molecule has 5 nitrogen and oxygen atoms in total. The van der Waals surface area contributed by atoms with Gasteiger partial charge in [-0.05, 0) is 37.7 Å². The normalized spacial score (nSPS) is 11.7. The highest BCUT2D eigenvalue weighted by Crippen LogP contribution is 2.13. The van der Waals surface area contributed by atoms with Crippen molar-refractivity contribution in [2.45, 2.75) is 18.1 Å². The van der Waals surface area contributed by atoms with Crippen LogP contribution in [-0.2, 0) is 23.0 Å². The van der Waals surface area contributed by atoms with E-state index in [1.165, 1.54) is 18.7 Å². The maximum absolute atomic E-state index is 11.5. The molecule has 2 N–H and O–H groups in total. The zero-order valence-electron chi connectivity index (χ0n) is 11.3. The van der Waals surface area contributed by atoms with Crippen molar-refractivity contribution in [2.75, 3.05) is 13.6 Å². The third-order valence-electron chi connectivity index (χ3n) is 2.90. The Morgan fingerprint density at radius 2 is 1.85 bits per heavy atom. The Hall–Kier alpha value is -1.63. The fraction of sp³-hybridized carbons (Fsp3) is 0.286. The Morgan fingerprint density at radius 3 is 2.55 bits per heavy atom. The van der Waals surface area contributed by atoms with Crippen LogP contribution in [0.1, 0.15) is 11.3 Å². The second-order valence-electron chi connectivity index (χ2n) is 4.34. The van der Waals surface area contributed by atoms with Gasteiger partial charge in [0.25, 0.3) is 10.0 Å². The Labute approximate surface area is 119 Å². The van der Waals surface area contributed by atoms with Gasteiger partial charge in [0.15, 0.2) is 0 Å². The van der Waals surface area contributed by atoms with Crippen LogP contribution in [0.15, 0.2) is 52.0 Å². The fourth-order valence-corrected chi connectivity index (χ4v) is 2.45. The summed E-state index contributed by atoms with van der Waals surface area (Å²) in [6.45, 7) is 1.31. The summed E-state index contributed by atoms with van der Waals surface area (Å²) in [6, 6.07) is 13.3. The summed E-state index contributed by atoms with van der Waals surface area (Å²) < 4.78 is 30.5. The van der Waals surface area contributed by atoms with E-state index in [1.807, 2.05) is 18.2 Å². The molecule has 0 spiro atoms. The van der Waals surface area contributed by atoms with E-state index in [-0.39, 0.29) is 5.09 Å². The lowest BCUT2D eigenvalue weighted by Gasteiger charge is -2.03. The monoisotopic (exact) mass is 294 g/mol. The van der Waals surface area contributed by atoms with E-state index in [2.05, 4.69) is 22.2 Å². The lowest BCUT2D eigenvalue weighted by Crippen LogP contribution is -2.18. The predicted octanol–water partition coefficient (Wildman–Crippen LogP) is 1.52. The van der Waals surface area contributed by atoms with Crippen molar-refractivity contribution in [1.29, 1.82) is 0 Å². The van der Waals surface area contributed by atoms with Crippen LogP contribution < -0.4 is 10.0 Å². The Kier molecular flexibility index (Phi) is 4.94. The largest absolute Gasteiger partial charge is 0.447 e. The Morgan fingerprint density at radius 1 is 1.10 bits per heavy atom. The van der Waals surface area contributed by atoms with Gasteiger partial charge < -0.3 is 9.73 Å². The summed E-state index contributed by atoms with van der Waals surface area (Å²) in [5, 5.41) is 3.17. The average molecular weight is 294 g/mol. The summed E-state index contributed by atoms with van der Waals surface area (Å²) in [5.74, 6) is 0.604. The van der Waals surface area contributed by atoms with Gasteiger partial charge in [-0.3, -0.25) is 0 Å². The number of rotatable bonds is 7. The Balaban J connectivity index is 1.81. The number of sulfonamides is 1. The number of furan rings is 1. The van der Waals surface area contributed by atoms with Gasteiger partial charge in [0.2, 0.25) is 5.09 Å². The first-order valence-electron chi connectivity index (χ1n) is 6.39. The molecule has 0 radical (unpaired) electrons. The van der Waals surface area contributed by atoms with E-state index >= 15 is 0 Å². The molecule has 0 aliphatic rings. The molecule has 2 aromatic rings. The van der Waals surface area contributed by atoms with Crippen molar-refractivity contribution in [3.63, 3.8) is 0 Å². The summed E-state index contributed by atoms with van der Waals surface area (Å²) in [6.07, 6.45) is 0.920. The van der Waals surface area contributed by atoms with Crippen LogP contribution in [0.5, 0.6) is 0 Å². The molecule has 108 valence electrons. The number of hydrogen-bond acceptors (Lipinski definition) is 4. The zero-order valence-corrected chi connectivity index (χ0v) is 12.1. The molecule has 0 amide bonds. The van der Waals surface area contributed by atoms with Crippen LogP contribution >= 0.6 is 0 Å². The van der Waals surface area contributed by atoms with Gasteiger partial charge >= 0.3 is 0 Å². The quantitative estimate of drug-likeness (QED) is 0.760. The number of benzene rings is 1. The highest BCUT2D eigenvalue weighted by molar-refractivity contribution is 7.89. The molecule has 0 aliphatic carbocycles. The minimum absolute atomic E-state index is 0.0557. The van der Waals surface area contributed by atoms with Crippen LogP contribution in [-0.4, -0.2) is 22.0 Å². The van der Waals surface area contributed by atoms with Gasteiger partial charge in [-0.25, -0.2) is 13.1 Å². The maximum atomic E-state index is 11.5.